The van der Waals surface area contributed by atoms with Gasteiger partial charge in [0.05, 0.1) is 4.90 Å². The van der Waals surface area contributed by atoms with Gasteiger partial charge >= 0.3 is 0 Å². The van der Waals surface area contributed by atoms with E-state index in [0.717, 1.165) is 18.8 Å². The number of nitrogens with zero attached hydrogens (tertiary/aromatic N) is 1. The third kappa shape index (κ3) is 5.63. The summed E-state index contributed by atoms with van der Waals surface area (Å²) >= 11 is 8.36. The van der Waals surface area contributed by atoms with E-state index in [1.54, 1.807) is 31.5 Å². The van der Waals surface area contributed by atoms with Crippen LogP contribution in [0.4, 0.5) is 0 Å². The van der Waals surface area contributed by atoms with Gasteiger partial charge in [-0.2, -0.15) is 16.1 Å². The minimum absolute atomic E-state index is 0.0588. The lowest BCUT2D eigenvalue weighted by atomic mass is 10.0. The smallest absolute Gasteiger partial charge is 0.263 e. The largest absolute Gasteiger partial charge is 0.489 e. The summed E-state index contributed by atoms with van der Waals surface area (Å²) in [5.74, 6) is 0.320. The number of hydrogen-bond acceptors (Lipinski definition) is 6. The summed E-state index contributed by atoms with van der Waals surface area (Å²) in [6.45, 7) is 4.07. The number of nitrogens with one attached hydrogen (secondary N) is 1. The first kappa shape index (κ1) is 24.5. The van der Waals surface area contributed by atoms with Gasteiger partial charge in [0.25, 0.3) is 5.91 Å². The van der Waals surface area contributed by atoms with E-state index in [-0.39, 0.29) is 11.4 Å². The highest BCUT2D eigenvalue weighted by Crippen LogP contribution is 2.38. The number of amides is 1. The van der Waals surface area contributed by atoms with Crippen molar-refractivity contribution < 1.29 is 23.2 Å². The molecule has 0 aromatic heterocycles. The first-order valence-corrected chi connectivity index (χ1v) is 13.3. The number of carbonyl (C=O) groups excluding carboxylic acids is 1. The zero-order valence-electron chi connectivity index (χ0n) is 16.8. The Labute approximate surface area is 202 Å². The average molecular weight is 594 g/mol. The summed E-state index contributed by atoms with van der Waals surface area (Å²) in [6, 6.07) is 10.9. The fourth-order valence-corrected chi connectivity index (χ4v) is 7.92. The van der Waals surface area contributed by atoms with Gasteiger partial charge in [0.2, 0.25) is 10.0 Å². The van der Waals surface area contributed by atoms with Crippen molar-refractivity contribution in [3.63, 3.8) is 0 Å². The molecular weight excluding hydrogens is 572 g/mol. The van der Waals surface area contributed by atoms with Crippen molar-refractivity contribution in [1.29, 1.82) is 0 Å². The summed E-state index contributed by atoms with van der Waals surface area (Å²) in [7, 11) is -3.95. The maximum Gasteiger partial charge on any atom is 0.263 e. The zero-order valence-corrected chi connectivity index (χ0v) is 21.6. The van der Waals surface area contributed by atoms with Crippen LogP contribution in [-0.2, 0) is 21.4 Å². The number of halogens is 2. The topological polar surface area (TPSA) is 95.9 Å². The molecule has 0 bridgehead atoms. The van der Waals surface area contributed by atoms with Crippen molar-refractivity contribution in [3.05, 3.63) is 57.0 Å². The maximum atomic E-state index is 13.3. The maximum absolute atomic E-state index is 13.3. The third-order valence-electron chi connectivity index (χ3n) is 4.85. The second-order valence-corrected chi connectivity index (χ2v) is 13.0. The van der Waals surface area contributed by atoms with Gasteiger partial charge in [0, 0.05) is 26.0 Å². The Hall–Kier alpha value is -1.11. The monoisotopic (exact) mass is 592 g/mol. The number of thioether (sulfide) groups is 1. The van der Waals surface area contributed by atoms with E-state index in [0.29, 0.717) is 18.1 Å². The lowest BCUT2D eigenvalue weighted by molar-refractivity contribution is -0.134. The standard InChI is InChI=1S/C20H22Br2N2O5S2/c1-20(2)18(19(25)23-26)24(7-8-30-20)31(27,28)17-5-3-16(4-6-17)29-12-13-9-14(21)11-15(22)10-13/h3-6,9-11,18,26H,7-8,12H2,1-2H3,(H,23,25)/t18-/m0/s1. The molecule has 1 fully saturated rings. The molecule has 1 aliphatic rings. The van der Waals surface area contributed by atoms with Crippen LogP contribution in [0.2, 0.25) is 0 Å². The molecular formula is C20H22Br2N2O5S2. The van der Waals surface area contributed by atoms with E-state index < -0.39 is 26.7 Å². The first-order valence-electron chi connectivity index (χ1n) is 9.32. The number of carbonyl (C=O) groups is 1. The van der Waals surface area contributed by atoms with Crippen LogP contribution < -0.4 is 10.2 Å². The number of hydrogen-bond donors (Lipinski definition) is 2. The quantitative estimate of drug-likeness (QED) is 0.385. The first-order chi connectivity index (χ1) is 14.5. The van der Waals surface area contributed by atoms with Crippen LogP contribution >= 0.6 is 43.6 Å². The molecule has 1 amide bonds. The summed E-state index contributed by atoms with van der Waals surface area (Å²) in [4.78, 5) is 12.3. The lowest BCUT2D eigenvalue weighted by Crippen LogP contribution is -2.61. The van der Waals surface area contributed by atoms with Gasteiger partial charge < -0.3 is 4.74 Å². The fourth-order valence-electron chi connectivity index (χ4n) is 3.42. The summed E-state index contributed by atoms with van der Waals surface area (Å²) < 4.78 is 34.6. The van der Waals surface area contributed by atoms with E-state index in [9.17, 15) is 13.2 Å². The number of hydroxylamine groups is 1. The predicted octanol–water partition coefficient (Wildman–Crippen LogP) is 4.18. The van der Waals surface area contributed by atoms with Crippen LogP contribution in [0.3, 0.4) is 0 Å². The summed E-state index contributed by atoms with van der Waals surface area (Å²) in [5.41, 5.74) is 2.56. The molecule has 3 rings (SSSR count). The van der Waals surface area contributed by atoms with Gasteiger partial charge in [-0.25, -0.2) is 13.9 Å². The van der Waals surface area contributed by atoms with E-state index in [1.807, 2.05) is 18.2 Å². The Bertz CT molecular complexity index is 1040. The van der Waals surface area contributed by atoms with Crippen molar-refractivity contribution in [2.24, 2.45) is 0 Å². The molecule has 0 radical (unpaired) electrons. The Kier molecular flexibility index (Phi) is 7.75. The molecule has 7 nitrogen and oxygen atoms in total. The predicted molar refractivity (Wildman–Crippen MR) is 127 cm³/mol. The Morgan fingerprint density at radius 2 is 1.84 bits per heavy atom. The number of ether oxygens (including phenoxy) is 1. The third-order valence-corrected chi connectivity index (χ3v) is 9.00. The highest BCUT2D eigenvalue weighted by Gasteiger charge is 2.48. The molecule has 0 unspecified atom stereocenters. The number of benzene rings is 2. The number of sulfonamides is 1. The zero-order chi connectivity index (χ0) is 22.8. The van der Waals surface area contributed by atoms with Crippen molar-refractivity contribution in [2.75, 3.05) is 12.3 Å². The molecule has 1 aliphatic heterocycles. The van der Waals surface area contributed by atoms with E-state index in [4.69, 9.17) is 9.94 Å². The van der Waals surface area contributed by atoms with Crippen LogP contribution in [0, 0.1) is 0 Å². The van der Waals surface area contributed by atoms with Crippen molar-refractivity contribution in [3.8, 4) is 5.75 Å². The average Bonchev–Trinajstić information content (AvgIpc) is 2.70. The Morgan fingerprint density at radius 1 is 1.23 bits per heavy atom. The van der Waals surface area contributed by atoms with E-state index in [2.05, 4.69) is 31.9 Å². The van der Waals surface area contributed by atoms with Crippen molar-refractivity contribution >= 4 is 59.6 Å². The highest BCUT2D eigenvalue weighted by atomic mass is 79.9. The van der Waals surface area contributed by atoms with Crippen LogP contribution in [0.1, 0.15) is 19.4 Å². The van der Waals surface area contributed by atoms with Gasteiger partial charge in [0.1, 0.15) is 18.4 Å². The molecule has 2 aromatic carbocycles. The van der Waals surface area contributed by atoms with Crippen LogP contribution in [-0.4, -0.2) is 46.9 Å². The molecule has 1 heterocycles. The molecule has 11 heteroatoms. The normalized spacial score (nSPS) is 19.1. The van der Waals surface area contributed by atoms with Gasteiger partial charge in [-0.15, -0.1) is 0 Å². The van der Waals surface area contributed by atoms with Gasteiger partial charge in [-0.1, -0.05) is 31.9 Å². The minimum atomic E-state index is -3.95. The molecule has 1 saturated heterocycles. The van der Waals surface area contributed by atoms with Crippen LogP contribution in [0.15, 0.2) is 56.3 Å². The van der Waals surface area contributed by atoms with Gasteiger partial charge in [-0.3, -0.25) is 10.0 Å². The molecule has 31 heavy (non-hydrogen) atoms. The van der Waals surface area contributed by atoms with E-state index >= 15 is 0 Å². The SMILES string of the molecule is CC1(C)SCCN(S(=O)(=O)c2ccc(OCc3cc(Br)cc(Br)c3)cc2)[C@H]1C(=O)NO. The fraction of sp³-hybridized carbons (Fsp3) is 0.350. The molecule has 2 N–H and O–H groups in total. The van der Waals surface area contributed by atoms with E-state index in [1.165, 1.54) is 23.9 Å². The Balaban J connectivity index is 1.79. The van der Waals surface area contributed by atoms with Crippen LogP contribution in [0.5, 0.6) is 5.75 Å². The molecule has 0 saturated carbocycles. The number of rotatable bonds is 6. The molecule has 1 atom stereocenters. The van der Waals surface area contributed by atoms with Gasteiger partial charge in [0.15, 0.2) is 0 Å². The van der Waals surface area contributed by atoms with Crippen LogP contribution in [0.25, 0.3) is 0 Å². The van der Waals surface area contributed by atoms with Gasteiger partial charge in [-0.05, 0) is 61.9 Å². The summed E-state index contributed by atoms with van der Waals surface area (Å²) in [6.07, 6.45) is 0. The minimum Gasteiger partial charge on any atom is -0.489 e. The second-order valence-electron chi connectivity index (χ2n) is 7.48. The van der Waals surface area contributed by atoms with Crippen molar-refractivity contribution in [1.82, 2.24) is 9.79 Å². The summed E-state index contributed by atoms with van der Waals surface area (Å²) in [5, 5.41) is 9.14. The molecule has 0 aliphatic carbocycles. The molecule has 2 aromatic rings. The lowest BCUT2D eigenvalue weighted by Gasteiger charge is -2.43. The molecule has 168 valence electrons. The van der Waals surface area contributed by atoms with Crippen molar-refractivity contribution in [2.45, 2.75) is 36.1 Å². The highest BCUT2D eigenvalue weighted by molar-refractivity contribution is 9.11. The second kappa shape index (κ2) is 9.80. The Morgan fingerprint density at radius 3 is 2.42 bits per heavy atom. The molecule has 0 spiro atoms.